The largest absolute Gasteiger partial charge is 0.457 e. The quantitative estimate of drug-likeness (QED) is 0.776. The second-order valence-corrected chi connectivity index (χ2v) is 6.93. The maximum Gasteiger partial charge on any atom is 0.382 e. The number of para-hydroxylation sites is 3. The lowest BCUT2D eigenvalue weighted by atomic mass is 10.0. The third kappa shape index (κ3) is 3.22. The van der Waals surface area contributed by atoms with Gasteiger partial charge in [0.15, 0.2) is 5.75 Å². The Labute approximate surface area is 146 Å². The zero-order valence-electron chi connectivity index (χ0n) is 13.2. The van der Waals surface area contributed by atoms with Gasteiger partial charge < -0.3 is 8.92 Å². The molecule has 0 amide bonds. The molecule has 0 saturated carbocycles. The van der Waals surface area contributed by atoms with Crippen molar-refractivity contribution in [2.45, 2.75) is 6.54 Å². The predicted octanol–water partition coefficient (Wildman–Crippen LogP) is 3.87. The molecule has 6 heteroatoms. The van der Waals surface area contributed by atoms with E-state index in [0.717, 1.165) is 11.1 Å². The van der Waals surface area contributed by atoms with Crippen LogP contribution in [0.2, 0.25) is 0 Å². The van der Waals surface area contributed by atoms with Crippen LogP contribution in [-0.4, -0.2) is 8.42 Å². The molecule has 0 aromatic heterocycles. The Hall–Kier alpha value is -2.83. The van der Waals surface area contributed by atoms with E-state index in [-0.39, 0.29) is 6.54 Å². The van der Waals surface area contributed by atoms with Crippen LogP contribution < -0.4 is 13.6 Å². The summed E-state index contributed by atoms with van der Waals surface area (Å²) in [5.74, 6) is 1.67. The van der Waals surface area contributed by atoms with E-state index in [1.165, 1.54) is 0 Å². The van der Waals surface area contributed by atoms with E-state index in [9.17, 15) is 8.42 Å². The fourth-order valence-electron chi connectivity index (χ4n) is 2.73. The summed E-state index contributed by atoms with van der Waals surface area (Å²) in [6, 6.07) is 22.4. The summed E-state index contributed by atoms with van der Waals surface area (Å²) in [5.41, 5.74) is 2.22. The number of benzene rings is 3. The SMILES string of the molecule is O=S1(=O)NCc2cccc(-c3ccccc3Oc3ccccc3)c2O1. The van der Waals surface area contributed by atoms with E-state index in [0.29, 0.717) is 22.8 Å². The van der Waals surface area contributed by atoms with E-state index in [1.807, 2.05) is 72.8 Å². The normalized spacial score (nSPS) is 15.0. The smallest absolute Gasteiger partial charge is 0.382 e. The van der Waals surface area contributed by atoms with Crippen LogP contribution in [0.25, 0.3) is 11.1 Å². The van der Waals surface area contributed by atoms with Crippen LogP contribution in [0.15, 0.2) is 72.8 Å². The Bertz CT molecular complexity index is 1020. The number of rotatable bonds is 3. The number of hydrogen-bond donors (Lipinski definition) is 1. The molecule has 1 aliphatic heterocycles. The maximum absolute atomic E-state index is 11.8. The summed E-state index contributed by atoms with van der Waals surface area (Å²) in [6.45, 7) is 0.202. The Morgan fingerprint density at radius 3 is 2.40 bits per heavy atom. The van der Waals surface area contributed by atoms with E-state index in [1.54, 1.807) is 0 Å². The maximum atomic E-state index is 11.8. The monoisotopic (exact) mass is 353 g/mol. The van der Waals surface area contributed by atoms with Crippen LogP contribution >= 0.6 is 0 Å². The third-order valence-electron chi connectivity index (χ3n) is 3.88. The molecule has 0 saturated heterocycles. The molecule has 0 spiro atoms. The van der Waals surface area contributed by atoms with Gasteiger partial charge in [0.2, 0.25) is 0 Å². The Kier molecular flexibility index (Phi) is 3.91. The number of hydrogen-bond acceptors (Lipinski definition) is 4. The first-order valence-electron chi connectivity index (χ1n) is 7.76. The van der Waals surface area contributed by atoms with Crippen LogP contribution in [0.5, 0.6) is 17.2 Å². The van der Waals surface area contributed by atoms with Crippen molar-refractivity contribution in [1.29, 1.82) is 0 Å². The first-order chi connectivity index (χ1) is 12.1. The summed E-state index contributed by atoms with van der Waals surface area (Å²) < 4.78 is 37.2. The van der Waals surface area contributed by atoms with Crippen molar-refractivity contribution in [2.24, 2.45) is 0 Å². The molecule has 25 heavy (non-hydrogen) atoms. The number of ether oxygens (including phenoxy) is 1. The molecule has 0 unspecified atom stereocenters. The highest BCUT2D eigenvalue weighted by molar-refractivity contribution is 7.85. The molecule has 5 nitrogen and oxygen atoms in total. The van der Waals surface area contributed by atoms with Crippen LogP contribution in [0, 0.1) is 0 Å². The summed E-state index contributed by atoms with van der Waals surface area (Å²) in [4.78, 5) is 0. The molecule has 4 rings (SSSR count). The topological polar surface area (TPSA) is 64.6 Å². The summed E-state index contributed by atoms with van der Waals surface area (Å²) in [7, 11) is -3.79. The lowest BCUT2D eigenvalue weighted by Gasteiger charge is -2.21. The molecule has 0 radical (unpaired) electrons. The van der Waals surface area contributed by atoms with Crippen molar-refractivity contribution in [2.75, 3.05) is 0 Å². The minimum Gasteiger partial charge on any atom is -0.457 e. The predicted molar refractivity (Wildman–Crippen MR) is 94.8 cm³/mol. The molecule has 0 atom stereocenters. The van der Waals surface area contributed by atoms with E-state index in [2.05, 4.69) is 4.72 Å². The van der Waals surface area contributed by atoms with Gasteiger partial charge >= 0.3 is 10.3 Å². The van der Waals surface area contributed by atoms with Crippen molar-refractivity contribution < 1.29 is 17.3 Å². The van der Waals surface area contributed by atoms with Crippen LogP contribution in [0.3, 0.4) is 0 Å². The molecular formula is C19H15NO4S. The lowest BCUT2D eigenvalue weighted by Crippen LogP contribution is -2.32. The number of nitrogens with one attached hydrogen (secondary N) is 1. The molecule has 3 aromatic rings. The van der Waals surface area contributed by atoms with Gasteiger partial charge in [0.1, 0.15) is 11.5 Å². The Morgan fingerprint density at radius 1 is 0.840 bits per heavy atom. The van der Waals surface area contributed by atoms with Gasteiger partial charge in [-0.25, -0.2) is 0 Å². The van der Waals surface area contributed by atoms with Gasteiger partial charge in [0, 0.05) is 23.2 Å². The Balaban J connectivity index is 1.82. The van der Waals surface area contributed by atoms with Crippen LogP contribution in [-0.2, 0) is 16.8 Å². The van der Waals surface area contributed by atoms with E-state index in [4.69, 9.17) is 8.92 Å². The number of fused-ring (bicyclic) bond motifs is 1. The zero-order valence-corrected chi connectivity index (χ0v) is 14.0. The average molecular weight is 353 g/mol. The molecular weight excluding hydrogens is 338 g/mol. The molecule has 1 heterocycles. The standard InChI is InChI=1S/C19H15NO4S/c21-25(22)20-13-14-7-6-11-17(19(14)24-25)16-10-4-5-12-18(16)23-15-8-2-1-3-9-15/h1-12,20H,13H2. The van der Waals surface area contributed by atoms with Gasteiger partial charge in [-0.15, -0.1) is 0 Å². The lowest BCUT2D eigenvalue weighted by molar-refractivity contribution is 0.453. The molecule has 1 N–H and O–H groups in total. The highest BCUT2D eigenvalue weighted by Gasteiger charge is 2.25. The molecule has 0 aliphatic carbocycles. The van der Waals surface area contributed by atoms with Gasteiger partial charge in [-0.05, 0) is 18.2 Å². The second kappa shape index (κ2) is 6.23. The fourth-order valence-corrected chi connectivity index (χ4v) is 3.54. The highest BCUT2D eigenvalue weighted by Crippen LogP contribution is 2.41. The van der Waals surface area contributed by atoms with E-state index < -0.39 is 10.3 Å². The first kappa shape index (κ1) is 15.7. The Morgan fingerprint density at radius 2 is 1.56 bits per heavy atom. The zero-order chi connectivity index (χ0) is 17.3. The van der Waals surface area contributed by atoms with Gasteiger partial charge in [-0.3, -0.25) is 0 Å². The van der Waals surface area contributed by atoms with Crippen LogP contribution in [0.1, 0.15) is 5.56 Å². The van der Waals surface area contributed by atoms with Gasteiger partial charge in [-0.1, -0.05) is 54.6 Å². The summed E-state index contributed by atoms with van der Waals surface area (Å²) in [6.07, 6.45) is 0. The third-order valence-corrected chi connectivity index (χ3v) is 4.76. The molecule has 0 fully saturated rings. The van der Waals surface area contributed by atoms with Crippen molar-refractivity contribution in [1.82, 2.24) is 4.72 Å². The van der Waals surface area contributed by atoms with Crippen LogP contribution in [0.4, 0.5) is 0 Å². The average Bonchev–Trinajstić information content (AvgIpc) is 2.62. The van der Waals surface area contributed by atoms with Crippen molar-refractivity contribution in [3.63, 3.8) is 0 Å². The molecule has 0 bridgehead atoms. The second-order valence-electron chi connectivity index (χ2n) is 5.56. The van der Waals surface area contributed by atoms with Crippen molar-refractivity contribution in [3.8, 4) is 28.4 Å². The summed E-state index contributed by atoms with van der Waals surface area (Å²) in [5, 5.41) is 0. The molecule has 3 aromatic carbocycles. The minimum atomic E-state index is -3.79. The first-order valence-corrected chi connectivity index (χ1v) is 9.16. The van der Waals surface area contributed by atoms with E-state index >= 15 is 0 Å². The molecule has 126 valence electrons. The van der Waals surface area contributed by atoms with Gasteiger partial charge in [0.25, 0.3) is 0 Å². The van der Waals surface area contributed by atoms with Gasteiger partial charge in [0.05, 0.1) is 0 Å². The molecule has 1 aliphatic rings. The van der Waals surface area contributed by atoms with Crippen molar-refractivity contribution in [3.05, 3.63) is 78.4 Å². The fraction of sp³-hybridized carbons (Fsp3) is 0.0526. The van der Waals surface area contributed by atoms with Gasteiger partial charge in [-0.2, -0.15) is 13.1 Å². The summed E-state index contributed by atoms with van der Waals surface area (Å²) >= 11 is 0. The highest BCUT2D eigenvalue weighted by atomic mass is 32.2. The minimum absolute atomic E-state index is 0.202. The van der Waals surface area contributed by atoms with Crippen molar-refractivity contribution >= 4 is 10.3 Å².